The van der Waals surface area contributed by atoms with Crippen LogP contribution in [0, 0.1) is 0 Å². The Labute approximate surface area is 257 Å². The van der Waals surface area contributed by atoms with Crippen LogP contribution < -0.4 is 5.11 Å². The SMILES string of the molecule is CCCCCCCCCCCCCCCC/C=C/CC[N+](C(CCC)C(=O)[O-])(C(CCC)C(=O)O)C(CCC)C(=O)O. The van der Waals surface area contributed by atoms with Gasteiger partial charge in [0.05, 0.1) is 12.5 Å². The van der Waals surface area contributed by atoms with Crippen LogP contribution in [0.3, 0.4) is 0 Å². The zero-order valence-corrected chi connectivity index (χ0v) is 27.6. The molecule has 42 heavy (non-hydrogen) atoms. The summed E-state index contributed by atoms with van der Waals surface area (Å²) in [5.74, 6) is -3.62. The Bertz CT molecular complexity index is 677. The predicted molar refractivity (Wildman–Crippen MR) is 170 cm³/mol. The number of unbranched alkanes of at least 4 members (excludes halogenated alkanes) is 14. The molecule has 0 spiro atoms. The van der Waals surface area contributed by atoms with Crippen molar-refractivity contribution in [1.82, 2.24) is 0 Å². The number of hydrogen-bond acceptors (Lipinski definition) is 4. The quantitative estimate of drug-likeness (QED) is 0.0493. The maximum Gasteiger partial charge on any atom is 0.362 e. The van der Waals surface area contributed by atoms with Crippen LogP contribution in [0.25, 0.3) is 0 Å². The molecule has 0 aromatic heterocycles. The molecule has 3 unspecified atom stereocenters. The van der Waals surface area contributed by atoms with E-state index in [4.69, 9.17) is 0 Å². The molecule has 0 fully saturated rings. The normalized spacial score (nSPS) is 15.3. The fourth-order valence-electron chi connectivity index (χ4n) is 6.62. The van der Waals surface area contributed by atoms with E-state index < -0.39 is 40.5 Å². The molecular formula is C35H65NO6. The lowest BCUT2D eigenvalue weighted by Crippen LogP contribution is -2.74. The average molecular weight is 596 g/mol. The molecule has 0 rings (SSSR count). The first-order valence-corrected chi connectivity index (χ1v) is 17.4. The summed E-state index contributed by atoms with van der Waals surface area (Å²) in [4.78, 5) is 37.6. The summed E-state index contributed by atoms with van der Waals surface area (Å²) in [5, 5.41) is 33.0. The number of rotatable bonds is 30. The minimum atomic E-state index is -1.35. The van der Waals surface area contributed by atoms with Gasteiger partial charge in [0.25, 0.3) is 0 Å². The smallest absolute Gasteiger partial charge is 0.362 e. The molecule has 0 aromatic rings. The molecule has 0 saturated carbocycles. The zero-order chi connectivity index (χ0) is 31.6. The lowest BCUT2D eigenvalue weighted by atomic mass is 9.91. The van der Waals surface area contributed by atoms with Crippen LogP contribution in [-0.2, 0) is 14.4 Å². The van der Waals surface area contributed by atoms with E-state index in [1.54, 1.807) is 0 Å². The van der Waals surface area contributed by atoms with E-state index in [9.17, 15) is 29.7 Å². The van der Waals surface area contributed by atoms with Crippen LogP contribution in [0.4, 0.5) is 0 Å². The van der Waals surface area contributed by atoms with Crippen LogP contribution in [-0.4, -0.2) is 57.3 Å². The van der Waals surface area contributed by atoms with Gasteiger partial charge < -0.3 is 20.1 Å². The number of hydrogen-bond donors (Lipinski definition) is 2. The van der Waals surface area contributed by atoms with Gasteiger partial charge in [0.1, 0.15) is 6.04 Å². The van der Waals surface area contributed by atoms with Gasteiger partial charge >= 0.3 is 11.9 Å². The van der Waals surface area contributed by atoms with Gasteiger partial charge in [-0.3, -0.25) is 4.48 Å². The number of carbonyl (C=O) groups excluding carboxylic acids is 1. The highest BCUT2D eigenvalue weighted by molar-refractivity contribution is 5.77. The standard InChI is InChI=1S/C35H65NO6/c1-5-9-10-11-12-13-14-15-16-17-18-19-20-21-22-23-24-25-29-36(30(26-6-2)33(37)38,31(27-7-3)34(39)40)32(28-8-4)35(41)42/h23-24,30-32H,5-22,25-29H2,1-4H3,(H2-,37,38,39,40,41,42)/b24-23+. The van der Waals surface area contributed by atoms with Gasteiger partial charge in [0.15, 0.2) is 12.1 Å². The van der Waals surface area contributed by atoms with Crippen molar-refractivity contribution in [2.45, 2.75) is 187 Å². The van der Waals surface area contributed by atoms with Crippen molar-refractivity contribution in [3.05, 3.63) is 12.2 Å². The zero-order valence-electron chi connectivity index (χ0n) is 27.6. The lowest BCUT2D eigenvalue weighted by molar-refractivity contribution is -0.974. The second-order valence-corrected chi connectivity index (χ2v) is 12.3. The van der Waals surface area contributed by atoms with Crippen LogP contribution in [0.1, 0.15) is 169 Å². The fourth-order valence-corrected chi connectivity index (χ4v) is 6.62. The Morgan fingerprint density at radius 3 is 1.26 bits per heavy atom. The van der Waals surface area contributed by atoms with Crippen molar-refractivity contribution in [2.24, 2.45) is 0 Å². The van der Waals surface area contributed by atoms with Crippen molar-refractivity contribution in [1.29, 1.82) is 0 Å². The number of carboxylic acids is 3. The summed E-state index contributed by atoms with van der Waals surface area (Å²) in [6.07, 6.45) is 26.0. The molecule has 0 bridgehead atoms. The van der Waals surface area contributed by atoms with E-state index in [0.29, 0.717) is 25.7 Å². The molecular weight excluding hydrogens is 530 g/mol. The molecule has 7 heteroatoms. The third-order valence-electron chi connectivity index (χ3n) is 8.84. The average Bonchev–Trinajstić information content (AvgIpc) is 2.95. The molecule has 0 amide bonds. The minimum absolute atomic E-state index is 0.155. The van der Waals surface area contributed by atoms with E-state index >= 15 is 0 Å². The van der Waals surface area contributed by atoms with Crippen LogP contribution >= 0.6 is 0 Å². The highest BCUT2D eigenvalue weighted by atomic mass is 16.4. The molecule has 246 valence electrons. The van der Waals surface area contributed by atoms with Crippen molar-refractivity contribution in [3.63, 3.8) is 0 Å². The summed E-state index contributed by atoms with van der Waals surface area (Å²) >= 11 is 0. The lowest BCUT2D eigenvalue weighted by Gasteiger charge is -2.52. The molecule has 0 aromatic carbocycles. The first kappa shape index (κ1) is 40.1. The van der Waals surface area contributed by atoms with Crippen molar-refractivity contribution >= 4 is 17.9 Å². The predicted octanol–water partition coefficient (Wildman–Crippen LogP) is 8.05. The van der Waals surface area contributed by atoms with Crippen molar-refractivity contribution in [3.8, 4) is 0 Å². The Hall–Kier alpha value is -1.89. The first-order valence-electron chi connectivity index (χ1n) is 17.4. The Morgan fingerprint density at radius 1 is 0.548 bits per heavy atom. The van der Waals surface area contributed by atoms with Crippen LogP contribution in [0.2, 0.25) is 0 Å². The van der Waals surface area contributed by atoms with Gasteiger partial charge in [0, 0.05) is 25.7 Å². The second-order valence-electron chi connectivity index (χ2n) is 12.3. The van der Waals surface area contributed by atoms with Gasteiger partial charge in [-0.15, -0.1) is 0 Å². The molecule has 0 aliphatic rings. The van der Waals surface area contributed by atoms with E-state index in [2.05, 4.69) is 13.0 Å². The van der Waals surface area contributed by atoms with Crippen LogP contribution in [0.15, 0.2) is 12.2 Å². The third-order valence-corrected chi connectivity index (χ3v) is 8.84. The van der Waals surface area contributed by atoms with E-state index in [-0.39, 0.29) is 25.8 Å². The fraction of sp³-hybridized carbons (Fsp3) is 0.857. The topological polar surface area (TPSA) is 115 Å². The number of carboxylic acid groups (broad SMARTS) is 3. The molecule has 2 N–H and O–H groups in total. The number of nitrogens with zero attached hydrogens (tertiary/aromatic N) is 1. The van der Waals surface area contributed by atoms with Gasteiger partial charge in [0.2, 0.25) is 0 Å². The molecule has 0 aliphatic heterocycles. The van der Waals surface area contributed by atoms with Gasteiger partial charge in [-0.1, -0.05) is 130 Å². The third kappa shape index (κ3) is 15.5. The number of carbonyl (C=O) groups is 3. The van der Waals surface area contributed by atoms with Gasteiger partial charge in [-0.05, 0) is 25.7 Å². The van der Waals surface area contributed by atoms with Crippen molar-refractivity contribution in [2.75, 3.05) is 6.54 Å². The highest BCUT2D eigenvalue weighted by Gasteiger charge is 2.54. The molecule has 3 atom stereocenters. The van der Waals surface area contributed by atoms with Crippen LogP contribution in [0.5, 0.6) is 0 Å². The van der Waals surface area contributed by atoms with Gasteiger partial charge in [-0.2, -0.15) is 0 Å². The molecule has 0 radical (unpaired) electrons. The number of allylic oxidation sites excluding steroid dienone is 1. The maximum absolute atomic E-state index is 12.6. The van der Waals surface area contributed by atoms with E-state index in [0.717, 1.165) is 12.8 Å². The van der Waals surface area contributed by atoms with E-state index in [1.807, 2.05) is 26.8 Å². The van der Waals surface area contributed by atoms with E-state index in [1.165, 1.54) is 83.5 Å². The first-order chi connectivity index (χ1) is 20.2. The Morgan fingerprint density at radius 2 is 0.905 bits per heavy atom. The van der Waals surface area contributed by atoms with Crippen molar-refractivity contribution < 1.29 is 34.2 Å². The summed E-state index contributed by atoms with van der Waals surface area (Å²) in [6.45, 7) is 7.96. The Kier molecular flexibility index (Phi) is 24.4. The monoisotopic (exact) mass is 595 g/mol. The van der Waals surface area contributed by atoms with Gasteiger partial charge in [-0.25, -0.2) is 9.59 Å². The molecule has 0 heterocycles. The Balaban J connectivity index is 4.99. The summed E-state index contributed by atoms with van der Waals surface area (Å²) in [6, 6.07) is -3.41. The highest BCUT2D eigenvalue weighted by Crippen LogP contribution is 2.33. The summed E-state index contributed by atoms with van der Waals surface area (Å²) in [7, 11) is 0. The summed E-state index contributed by atoms with van der Waals surface area (Å²) < 4.78 is -0.480. The second kappa shape index (κ2) is 25.6. The number of quaternary nitrogens is 1. The molecule has 7 nitrogen and oxygen atoms in total. The maximum atomic E-state index is 12.6. The molecule has 0 saturated heterocycles. The summed E-state index contributed by atoms with van der Waals surface area (Å²) in [5.41, 5.74) is 0. The largest absolute Gasteiger partial charge is 0.544 e. The molecule has 0 aliphatic carbocycles. The minimum Gasteiger partial charge on any atom is -0.544 e. The number of aliphatic carboxylic acids is 3.